The molecule has 5 heterocycles. The van der Waals surface area contributed by atoms with Crippen molar-refractivity contribution in [2.45, 2.75) is 0 Å². The van der Waals surface area contributed by atoms with Crippen molar-refractivity contribution < 1.29 is 0 Å². The third-order valence-electron chi connectivity index (χ3n) is 11.9. The molecule has 0 aliphatic rings. The van der Waals surface area contributed by atoms with Crippen molar-refractivity contribution in [1.82, 2.24) is 14.1 Å². The van der Waals surface area contributed by atoms with Crippen LogP contribution in [0.25, 0.3) is 118 Å². The molecule has 0 aliphatic heterocycles. The molecule has 0 fully saturated rings. The van der Waals surface area contributed by atoms with Crippen LogP contribution in [-0.2, 0) is 0 Å². The Hall–Kier alpha value is -7.05. The third kappa shape index (κ3) is 4.63. The average molecular weight is 774 g/mol. The third-order valence-corrected chi connectivity index (χ3v) is 14.3. The summed E-state index contributed by atoms with van der Waals surface area (Å²) < 4.78 is 9.86. The van der Waals surface area contributed by atoms with E-state index in [4.69, 9.17) is 4.98 Å². The van der Waals surface area contributed by atoms with Gasteiger partial charge in [-0.05, 0) is 90.0 Å². The van der Waals surface area contributed by atoms with Crippen LogP contribution >= 0.6 is 22.7 Å². The van der Waals surface area contributed by atoms with Crippen LogP contribution in [0.2, 0.25) is 0 Å². The van der Waals surface area contributed by atoms with Gasteiger partial charge in [0.2, 0.25) is 0 Å². The van der Waals surface area contributed by atoms with Crippen molar-refractivity contribution in [2.24, 2.45) is 0 Å². The zero-order chi connectivity index (χ0) is 37.9. The molecule has 13 aromatic rings. The van der Waals surface area contributed by atoms with E-state index >= 15 is 0 Å². The lowest BCUT2D eigenvalue weighted by Crippen LogP contribution is -1.94. The minimum Gasteiger partial charge on any atom is -0.309 e. The minimum atomic E-state index is 1.01. The molecule has 0 atom stereocenters. The molecule has 0 saturated heterocycles. The lowest BCUT2D eigenvalue weighted by atomic mass is 10.0. The van der Waals surface area contributed by atoms with Crippen molar-refractivity contribution in [3.63, 3.8) is 0 Å². The van der Waals surface area contributed by atoms with Gasteiger partial charge < -0.3 is 9.13 Å². The second-order valence-corrected chi connectivity index (χ2v) is 17.2. The predicted molar refractivity (Wildman–Crippen MR) is 250 cm³/mol. The van der Waals surface area contributed by atoms with E-state index in [0.29, 0.717) is 0 Å². The van der Waals surface area contributed by atoms with Crippen molar-refractivity contribution in [1.29, 1.82) is 0 Å². The molecule has 0 N–H and O–H groups in total. The van der Waals surface area contributed by atoms with E-state index in [1.807, 2.05) is 22.7 Å². The van der Waals surface area contributed by atoms with Gasteiger partial charge in [-0.1, -0.05) is 109 Å². The fraction of sp³-hybridized carbons (Fsp3) is 0. The summed E-state index contributed by atoms with van der Waals surface area (Å²) in [5, 5.41) is 8.79. The number of fused-ring (bicyclic) bond motifs is 12. The first-order valence-electron chi connectivity index (χ1n) is 19.6. The Labute approximate surface area is 340 Å². The molecule has 0 aliphatic carbocycles. The second-order valence-electron chi connectivity index (χ2n) is 15.1. The van der Waals surface area contributed by atoms with Gasteiger partial charge in [0.05, 0.1) is 38.0 Å². The average Bonchev–Trinajstić information content (AvgIpc) is 4.03. The van der Waals surface area contributed by atoms with E-state index in [1.54, 1.807) is 0 Å². The first-order valence-corrected chi connectivity index (χ1v) is 21.2. The number of nitrogens with zero attached hydrogens (tertiary/aromatic N) is 3. The van der Waals surface area contributed by atoms with E-state index in [2.05, 4.69) is 197 Å². The van der Waals surface area contributed by atoms with Gasteiger partial charge in [-0.2, -0.15) is 0 Å². The highest BCUT2D eigenvalue weighted by Gasteiger charge is 2.18. The summed E-state index contributed by atoms with van der Waals surface area (Å²) in [5.41, 5.74) is 12.8. The zero-order valence-electron chi connectivity index (χ0n) is 31.1. The summed E-state index contributed by atoms with van der Waals surface area (Å²) in [4.78, 5) is 5.43. The van der Waals surface area contributed by atoms with Gasteiger partial charge in [-0.15, -0.1) is 22.7 Å². The van der Waals surface area contributed by atoms with Crippen LogP contribution < -0.4 is 0 Å². The van der Waals surface area contributed by atoms with Gasteiger partial charge in [0.1, 0.15) is 0 Å². The summed E-state index contributed by atoms with van der Waals surface area (Å²) in [6.07, 6.45) is 0. The van der Waals surface area contributed by atoms with E-state index < -0.39 is 0 Å². The highest BCUT2D eigenvalue weighted by Crippen LogP contribution is 2.43. The SMILES string of the molecule is c1ccc(-n2c3ccccc3c3cc(-c4ccc5c6ccccc6n(-c6ccc7sc8ccc(-c9cccc%10c9sc9ccccc9%10)nc8c7c6)c5c4)ccc32)cc1. The number of para-hydroxylation sites is 3. The number of aromatic nitrogens is 3. The van der Waals surface area contributed by atoms with Gasteiger partial charge >= 0.3 is 0 Å². The van der Waals surface area contributed by atoms with Crippen LogP contribution in [-0.4, -0.2) is 14.1 Å². The molecule has 58 heavy (non-hydrogen) atoms. The normalized spacial score (nSPS) is 12.1. The molecule has 0 amide bonds. The second kappa shape index (κ2) is 12.2. The van der Waals surface area contributed by atoms with Crippen LogP contribution in [0.15, 0.2) is 188 Å². The molecule has 0 bridgehead atoms. The first kappa shape index (κ1) is 32.1. The van der Waals surface area contributed by atoms with Gasteiger partial charge in [0.25, 0.3) is 0 Å². The largest absolute Gasteiger partial charge is 0.309 e. The maximum atomic E-state index is 5.43. The molecule has 8 aromatic carbocycles. The molecule has 3 nitrogen and oxygen atoms in total. The fourth-order valence-electron chi connectivity index (χ4n) is 9.31. The maximum absolute atomic E-state index is 5.43. The standard InChI is InChI=1S/C53H31N3S2/c1-2-11-34(12-3-1)55-46-19-8-5-14-37(46)42-29-32(22-26-47(42)55)33-21-24-38-36-13-4-7-18-45(36)56(48(38)30-33)35-23-27-50-43(31-35)52-51(57-50)28-25-44(54-52)41-17-10-16-40-39-15-6-9-20-49(39)58-53(40)41/h1-31H. The Kier molecular flexibility index (Phi) is 6.76. The van der Waals surface area contributed by atoms with Crippen molar-refractivity contribution in [3.8, 4) is 33.8 Å². The van der Waals surface area contributed by atoms with Crippen LogP contribution in [0.4, 0.5) is 0 Å². The number of benzene rings is 8. The molecule has 0 saturated carbocycles. The molecular weight excluding hydrogens is 743 g/mol. The molecule has 0 spiro atoms. The smallest absolute Gasteiger partial charge is 0.0896 e. The molecule has 0 unspecified atom stereocenters. The molecule has 5 aromatic heterocycles. The van der Waals surface area contributed by atoms with E-state index in [0.717, 1.165) is 16.9 Å². The van der Waals surface area contributed by atoms with Crippen LogP contribution in [0.1, 0.15) is 0 Å². The van der Waals surface area contributed by atoms with Gasteiger partial charge in [0, 0.05) is 68.7 Å². The monoisotopic (exact) mass is 773 g/mol. The highest BCUT2D eigenvalue weighted by molar-refractivity contribution is 7.26. The summed E-state index contributed by atoms with van der Waals surface area (Å²) in [5.74, 6) is 0. The predicted octanol–water partition coefficient (Wildman–Crippen LogP) is 15.3. The fourth-order valence-corrected chi connectivity index (χ4v) is 11.6. The lowest BCUT2D eigenvalue weighted by Gasteiger charge is -2.10. The highest BCUT2D eigenvalue weighted by atomic mass is 32.1. The van der Waals surface area contributed by atoms with Gasteiger partial charge in [-0.25, -0.2) is 4.98 Å². The first-order chi connectivity index (χ1) is 28.7. The molecule has 5 heteroatoms. The van der Waals surface area contributed by atoms with Gasteiger partial charge in [-0.3, -0.25) is 0 Å². The van der Waals surface area contributed by atoms with Crippen LogP contribution in [0.3, 0.4) is 0 Å². The minimum absolute atomic E-state index is 1.01. The Morgan fingerprint density at radius 2 is 0.983 bits per heavy atom. The molecule has 13 rings (SSSR count). The summed E-state index contributed by atoms with van der Waals surface area (Å²) in [7, 11) is 0. The summed E-state index contributed by atoms with van der Waals surface area (Å²) in [6.45, 7) is 0. The van der Waals surface area contributed by atoms with Crippen molar-refractivity contribution >= 4 is 107 Å². The Morgan fingerprint density at radius 1 is 0.345 bits per heavy atom. The Balaban J connectivity index is 0.985. The number of pyridine rings is 1. The van der Waals surface area contributed by atoms with Crippen LogP contribution in [0.5, 0.6) is 0 Å². The Morgan fingerprint density at radius 3 is 1.84 bits per heavy atom. The van der Waals surface area contributed by atoms with E-state index in [1.165, 1.54) is 101 Å². The molecular formula is C53H31N3S2. The summed E-state index contributed by atoms with van der Waals surface area (Å²) in [6, 6.07) is 68.8. The van der Waals surface area contributed by atoms with Crippen LogP contribution in [0, 0.1) is 0 Å². The van der Waals surface area contributed by atoms with E-state index in [9.17, 15) is 0 Å². The topological polar surface area (TPSA) is 22.8 Å². The zero-order valence-corrected chi connectivity index (χ0v) is 32.7. The maximum Gasteiger partial charge on any atom is 0.0896 e. The molecule has 270 valence electrons. The Bertz CT molecular complexity index is 3810. The number of hydrogen-bond donors (Lipinski definition) is 0. The quantitative estimate of drug-likeness (QED) is 0.175. The number of rotatable bonds is 4. The van der Waals surface area contributed by atoms with Crippen molar-refractivity contribution in [3.05, 3.63) is 188 Å². The van der Waals surface area contributed by atoms with Gasteiger partial charge in [0.15, 0.2) is 0 Å². The lowest BCUT2D eigenvalue weighted by molar-refractivity contribution is 1.18. The van der Waals surface area contributed by atoms with Crippen molar-refractivity contribution in [2.75, 3.05) is 0 Å². The number of hydrogen-bond acceptors (Lipinski definition) is 3. The molecule has 0 radical (unpaired) electrons. The van der Waals surface area contributed by atoms with E-state index in [-0.39, 0.29) is 0 Å². The number of thiophene rings is 2. The summed E-state index contributed by atoms with van der Waals surface area (Å²) >= 11 is 3.67.